The normalized spacial score (nSPS) is 19.8. The van der Waals surface area contributed by atoms with E-state index in [1.165, 1.54) is 0 Å². The maximum atomic E-state index is 4.61. The molecule has 1 aliphatic heterocycles. The van der Waals surface area contributed by atoms with E-state index in [2.05, 4.69) is 40.6 Å². The molecule has 0 aliphatic carbocycles. The molecule has 5 nitrogen and oxygen atoms in total. The van der Waals surface area contributed by atoms with Gasteiger partial charge in [0.15, 0.2) is 5.65 Å². The molecular formula is C13H19N5. The van der Waals surface area contributed by atoms with Crippen LogP contribution in [0.1, 0.15) is 31.9 Å². The van der Waals surface area contributed by atoms with Crippen LogP contribution in [0.5, 0.6) is 0 Å². The highest BCUT2D eigenvalue weighted by Crippen LogP contribution is 2.19. The minimum Gasteiger partial charge on any atom is -0.366 e. The van der Waals surface area contributed by atoms with Gasteiger partial charge < -0.3 is 10.6 Å². The molecule has 1 saturated heterocycles. The maximum Gasteiger partial charge on any atom is 0.157 e. The quantitative estimate of drug-likeness (QED) is 0.863. The largest absolute Gasteiger partial charge is 0.366 e. The maximum absolute atomic E-state index is 4.61. The fourth-order valence-corrected chi connectivity index (χ4v) is 2.32. The average Bonchev–Trinajstić information content (AvgIpc) is 2.98. The summed E-state index contributed by atoms with van der Waals surface area (Å²) >= 11 is 0. The van der Waals surface area contributed by atoms with Crippen LogP contribution in [0.25, 0.3) is 5.65 Å². The Morgan fingerprint density at radius 2 is 2.39 bits per heavy atom. The van der Waals surface area contributed by atoms with E-state index >= 15 is 0 Å². The van der Waals surface area contributed by atoms with Crippen molar-refractivity contribution in [1.29, 1.82) is 0 Å². The van der Waals surface area contributed by atoms with Gasteiger partial charge in [-0.1, -0.05) is 13.8 Å². The monoisotopic (exact) mass is 245 g/mol. The highest BCUT2D eigenvalue weighted by Gasteiger charge is 2.16. The van der Waals surface area contributed by atoms with Gasteiger partial charge in [0.05, 0.1) is 6.20 Å². The van der Waals surface area contributed by atoms with E-state index in [-0.39, 0.29) is 0 Å². The molecule has 0 bridgehead atoms. The first-order chi connectivity index (χ1) is 8.74. The van der Waals surface area contributed by atoms with E-state index in [0.29, 0.717) is 12.0 Å². The number of nitrogens with one attached hydrogen (secondary N) is 2. The first kappa shape index (κ1) is 11.5. The van der Waals surface area contributed by atoms with Crippen LogP contribution in [0.4, 0.5) is 5.82 Å². The zero-order valence-electron chi connectivity index (χ0n) is 10.8. The van der Waals surface area contributed by atoms with E-state index < -0.39 is 0 Å². The van der Waals surface area contributed by atoms with Crippen LogP contribution in [0, 0.1) is 0 Å². The third-order valence-corrected chi connectivity index (χ3v) is 3.38. The summed E-state index contributed by atoms with van der Waals surface area (Å²) in [5, 5.41) is 11.3. The predicted octanol–water partition coefficient (Wildman–Crippen LogP) is 1.63. The summed E-state index contributed by atoms with van der Waals surface area (Å²) in [6, 6.07) is 4.55. The zero-order valence-corrected chi connectivity index (χ0v) is 10.8. The average molecular weight is 245 g/mol. The Kier molecular flexibility index (Phi) is 2.91. The van der Waals surface area contributed by atoms with E-state index in [9.17, 15) is 0 Å². The molecule has 0 radical (unpaired) electrons. The summed E-state index contributed by atoms with van der Waals surface area (Å²) in [7, 11) is 0. The Bertz CT molecular complexity index is 539. The molecule has 0 aromatic carbocycles. The minimum atomic E-state index is 0.423. The summed E-state index contributed by atoms with van der Waals surface area (Å²) in [6.45, 7) is 6.43. The Hall–Kier alpha value is -1.62. The van der Waals surface area contributed by atoms with Crippen molar-refractivity contribution in [1.82, 2.24) is 19.9 Å². The molecule has 2 aromatic heterocycles. The fourth-order valence-electron chi connectivity index (χ4n) is 2.32. The van der Waals surface area contributed by atoms with E-state index in [1.807, 2.05) is 10.6 Å². The molecule has 1 atom stereocenters. The van der Waals surface area contributed by atoms with Gasteiger partial charge in [0.2, 0.25) is 0 Å². The van der Waals surface area contributed by atoms with Crippen molar-refractivity contribution in [2.24, 2.45) is 0 Å². The highest BCUT2D eigenvalue weighted by molar-refractivity contribution is 5.50. The van der Waals surface area contributed by atoms with Gasteiger partial charge in [-0.05, 0) is 18.9 Å². The molecule has 3 heterocycles. The molecule has 0 unspecified atom stereocenters. The summed E-state index contributed by atoms with van der Waals surface area (Å²) in [5.41, 5.74) is 2.02. The summed E-state index contributed by atoms with van der Waals surface area (Å²) in [5.74, 6) is 1.47. The summed E-state index contributed by atoms with van der Waals surface area (Å²) in [6.07, 6.45) is 2.95. The van der Waals surface area contributed by atoms with Crippen molar-refractivity contribution < 1.29 is 0 Å². The second-order valence-corrected chi connectivity index (χ2v) is 5.16. The lowest BCUT2D eigenvalue weighted by molar-refractivity contribution is 0.763. The number of fused-ring (bicyclic) bond motifs is 1. The van der Waals surface area contributed by atoms with Crippen molar-refractivity contribution >= 4 is 11.5 Å². The molecule has 5 heteroatoms. The van der Waals surface area contributed by atoms with Gasteiger partial charge in [0, 0.05) is 30.4 Å². The number of hydrogen-bond donors (Lipinski definition) is 2. The molecular weight excluding hydrogens is 226 g/mol. The number of hydrogen-bond acceptors (Lipinski definition) is 4. The third kappa shape index (κ3) is 2.06. The van der Waals surface area contributed by atoms with Crippen LogP contribution in [0.2, 0.25) is 0 Å². The molecule has 1 fully saturated rings. The lowest BCUT2D eigenvalue weighted by Gasteiger charge is -2.16. The number of anilines is 1. The first-order valence-corrected chi connectivity index (χ1v) is 6.56. The molecule has 0 amide bonds. The molecule has 3 rings (SSSR count). The second-order valence-electron chi connectivity index (χ2n) is 5.16. The molecule has 0 spiro atoms. The molecule has 96 valence electrons. The SMILES string of the molecule is CC(C)c1cc(N[C@H]2CCNC2)n2nccc2n1. The highest BCUT2D eigenvalue weighted by atomic mass is 15.3. The lowest BCUT2D eigenvalue weighted by atomic mass is 10.1. The van der Waals surface area contributed by atoms with Crippen LogP contribution in [-0.2, 0) is 0 Å². The minimum absolute atomic E-state index is 0.423. The first-order valence-electron chi connectivity index (χ1n) is 6.56. The standard InChI is InChI=1S/C13H19N5/c1-9(2)11-7-13(16-10-3-5-14-8-10)18-12(17-11)4-6-15-18/h4,6-7,9-10,14,16H,3,5,8H2,1-2H3/t10-/m0/s1. The van der Waals surface area contributed by atoms with Gasteiger partial charge in [0.25, 0.3) is 0 Å². The van der Waals surface area contributed by atoms with Crippen molar-refractivity contribution in [3.05, 3.63) is 24.0 Å². The molecule has 0 saturated carbocycles. The van der Waals surface area contributed by atoms with E-state index in [4.69, 9.17) is 0 Å². The van der Waals surface area contributed by atoms with Crippen LogP contribution in [0.15, 0.2) is 18.3 Å². The molecule has 2 aromatic rings. The fraction of sp³-hybridized carbons (Fsp3) is 0.538. The third-order valence-electron chi connectivity index (χ3n) is 3.38. The van der Waals surface area contributed by atoms with Crippen molar-refractivity contribution in [2.45, 2.75) is 32.2 Å². The Labute approximate surface area is 107 Å². The predicted molar refractivity (Wildman–Crippen MR) is 72.0 cm³/mol. The topological polar surface area (TPSA) is 54.2 Å². The van der Waals surface area contributed by atoms with Crippen molar-refractivity contribution in [2.75, 3.05) is 18.4 Å². The van der Waals surface area contributed by atoms with Crippen LogP contribution in [0.3, 0.4) is 0 Å². The van der Waals surface area contributed by atoms with E-state index in [0.717, 1.165) is 36.7 Å². The Balaban J connectivity index is 1.99. The van der Waals surface area contributed by atoms with Gasteiger partial charge in [-0.2, -0.15) is 9.61 Å². The number of nitrogens with zero attached hydrogens (tertiary/aromatic N) is 3. The van der Waals surface area contributed by atoms with Gasteiger partial charge in [-0.3, -0.25) is 0 Å². The van der Waals surface area contributed by atoms with Gasteiger partial charge >= 0.3 is 0 Å². The zero-order chi connectivity index (χ0) is 12.5. The number of rotatable bonds is 3. The van der Waals surface area contributed by atoms with Crippen molar-refractivity contribution in [3.63, 3.8) is 0 Å². The van der Waals surface area contributed by atoms with Gasteiger partial charge in [-0.25, -0.2) is 4.98 Å². The lowest BCUT2D eigenvalue weighted by Crippen LogP contribution is -2.24. The van der Waals surface area contributed by atoms with Gasteiger partial charge in [-0.15, -0.1) is 0 Å². The van der Waals surface area contributed by atoms with E-state index in [1.54, 1.807) is 6.20 Å². The summed E-state index contributed by atoms with van der Waals surface area (Å²) in [4.78, 5) is 4.61. The van der Waals surface area contributed by atoms with Crippen molar-refractivity contribution in [3.8, 4) is 0 Å². The second kappa shape index (κ2) is 4.57. The van der Waals surface area contributed by atoms with Crippen LogP contribution in [-0.4, -0.2) is 33.7 Å². The van der Waals surface area contributed by atoms with Crippen LogP contribution < -0.4 is 10.6 Å². The van der Waals surface area contributed by atoms with Gasteiger partial charge in [0.1, 0.15) is 5.82 Å². The molecule has 18 heavy (non-hydrogen) atoms. The summed E-state index contributed by atoms with van der Waals surface area (Å²) < 4.78 is 1.88. The Morgan fingerprint density at radius 3 is 3.11 bits per heavy atom. The smallest absolute Gasteiger partial charge is 0.157 e. The van der Waals surface area contributed by atoms with Crippen LogP contribution >= 0.6 is 0 Å². The number of aromatic nitrogens is 3. The molecule has 1 aliphatic rings. The molecule has 2 N–H and O–H groups in total. The Morgan fingerprint density at radius 1 is 1.50 bits per heavy atom.